The lowest BCUT2D eigenvalue weighted by atomic mass is 10.1. The van der Waals surface area contributed by atoms with Gasteiger partial charge >= 0.3 is 0 Å². The Hall–Kier alpha value is -1.39. The minimum Gasteiger partial charge on any atom is -0.339 e. The van der Waals surface area contributed by atoms with Crippen LogP contribution in [-0.4, -0.2) is 10.5 Å². The molecule has 0 spiro atoms. The van der Waals surface area contributed by atoms with Crippen molar-refractivity contribution in [2.24, 2.45) is 0 Å². The van der Waals surface area contributed by atoms with Crippen LogP contribution >= 0.6 is 11.3 Å². The first-order valence-electron chi connectivity index (χ1n) is 7.03. The number of hydrogen-bond acceptors (Lipinski definition) is 4. The summed E-state index contributed by atoms with van der Waals surface area (Å²) in [6.45, 7) is 9.41. The van der Waals surface area contributed by atoms with Crippen molar-refractivity contribution in [1.82, 2.24) is 10.3 Å². The van der Waals surface area contributed by atoms with E-state index in [0.29, 0.717) is 0 Å². The van der Waals surface area contributed by atoms with Crippen LogP contribution in [0.4, 0.5) is 5.13 Å². The lowest BCUT2D eigenvalue weighted by Gasteiger charge is -2.19. The molecule has 0 aliphatic carbocycles. The van der Waals surface area contributed by atoms with Crippen LogP contribution < -0.4 is 10.2 Å². The quantitative estimate of drug-likeness (QED) is 0.935. The zero-order chi connectivity index (χ0) is 14.2. The summed E-state index contributed by atoms with van der Waals surface area (Å²) < 4.78 is 0. The molecule has 106 valence electrons. The largest absolute Gasteiger partial charge is 0.339 e. The molecule has 0 saturated heterocycles. The third kappa shape index (κ3) is 3.02. The van der Waals surface area contributed by atoms with E-state index in [-0.39, 0.29) is 5.54 Å². The maximum absolute atomic E-state index is 4.59. The lowest BCUT2D eigenvalue weighted by molar-refractivity contribution is 0.426. The fourth-order valence-corrected chi connectivity index (χ4v) is 3.19. The summed E-state index contributed by atoms with van der Waals surface area (Å²) in [5.74, 6) is 0. The van der Waals surface area contributed by atoms with Gasteiger partial charge < -0.3 is 10.2 Å². The number of anilines is 1. The normalized spacial score (nSPS) is 14.7. The third-order valence-electron chi connectivity index (χ3n) is 3.45. The molecule has 3 nitrogen and oxygen atoms in total. The third-order valence-corrected chi connectivity index (χ3v) is 4.50. The highest BCUT2D eigenvalue weighted by Gasteiger charge is 2.21. The van der Waals surface area contributed by atoms with Gasteiger partial charge in [0, 0.05) is 36.2 Å². The molecular formula is C16H21N3S. The van der Waals surface area contributed by atoms with Gasteiger partial charge in [0.05, 0.1) is 0 Å². The molecule has 0 bridgehead atoms. The SMILES string of the molecule is CC(C)(C)NCc1cnc(N2Cc3ccccc3C2)s1. The Kier molecular flexibility index (Phi) is 3.52. The molecule has 1 aliphatic rings. The molecule has 0 saturated carbocycles. The van der Waals surface area contributed by atoms with Gasteiger partial charge in [-0.1, -0.05) is 24.3 Å². The number of thiazole rings is 1. The fourth-order valence-electron chi connectivity index (χ4n) is 2.35. The second kappa shape index (κ2) is 5.19. The Balaban J connectivity index is 1.67. The van der Waals surface area contributed by atoms with E-state index >= 15 is 0 Å². The second-order valence-corrected chi connectivity index (χ2v) is 7.43. The summed E-state index contributed by atoms with van der Waals surface area (Å²) in [6.07, 6.45) is 2.00. The molecule has 4 heteroatoms. The Morgan fingerprint density at radius 1 is 1.20 bits per heavy atom. The van der Waals surface area contributed by atoms with E-state index < -0.39 is 0 Å². The monoisotopic (exact) mass is 287 g/mol. The molecule has 2 heterocycles. The second-order valence-electron chi connectivity index (χ2n) is 6.34. The molecule has 3 rings (SSSR count). The molecule has 1 N–H and O–H groups in total. The van der Waals surface area contributed by atoms with Crippen LogP contribution in [0.2, 0.25) is 0 Å². The number of aromatic nitrogens is 1. The van der Waals surface area contributed by atoms with Gasteiger partial charge in [0.25, 0.3) is 0 Å². The predicted molar refractivity (Wildman–Crippen MR) is 85.0 cm³/mol. The fraction of sp³-hybridized carbons (Fsp3) is 0.438. The van der Waals surface area contributed by atoms with Crippen LogP contribution in [-0.2, 0) is 19.6 Å². The van der Waals surface area contributed by atoms with Crippen LogP contribution in [0.15, 0.2) is 30.5 Å². The highest BCUT2D eigenvalue weighted by molar-refractivity contribution is 7.15. The van der Waals surface area contributed by atoms with Gasteiger partial charge in [0.15, 0.2) is 5.13 Å². The zero-order valence-electron chi connectivity index (χ0n) is 12.3. The van der Waals surface area contributed by atoms with Crippen molar-refractivity contribution in [2.75, 3.05) is 4.90 Å². The first kappa shape index (κ1) is 13.6. The molecule has 0 radical (unpaired) electrons. The van der Waals surface area contributed by atoms with Crippen molar-refractivity contribution < 1.29 is 0 Å². The van der Waals surface area contributed by atoms with E-state index in [0.717, 1.165) is 24.8 Å². The van der Waals surface area contributed by atoms with Crippen molar-refractivity contribution in [3.63, 3.8) is 0 Å². The van der Waals surface area contributed by atoms with Gasteiger partial charge in [-0.25, -0.2) is 4.98 Å². The number of fused-ring (bicyclic) bond motifs is 1. The van der Waals surface area contributed by atoms with Gasteiger partial charge in [0.2, 0.25) is 0 Å². The summed E-state index contributed by atoms with van der Waals surface area (Å²) in [5, 5.41) is 4.64. The van der Waals surface area contributed by atoms with Gasteiger partial charge in [-0.05, 0) is 31.9 Å². The zero-order valence-corrected chi connectivity index (χ0v) is 13.1. The standard InChI is InChI=1S/C16H21N3S/c1-16(2,3)18-9-14-8-17-15(20-14)19-10-12-6-4-5-7-13(12)11-19/h4-8,18H,9-11H2,1-3H3. The molecule has 0 unspecified atom stereocenters. The summed E-state index contributed by atoms with van der Waals surface area (Å²) >= 11 is 1.79. The van der Waals surface area contributed by atoms with E-state index in [1.165, 1.54) is 16.0 Å². The van der Waals surface area contributed by atoms with E-state index in [1.54, 1.807) is 11.3 Å². The van der Waals surface area contributed by atoms with Gasteiger partial charge in [-0.15, -0.1) is 11.3 Å². The van der Waals surface area contributed by atoms with Crippen molar-refractivity contribution in [1.29, 1.82) is 0 Å². The van der Waals surface area contributed by atoms with Crippen LogP contribution in [0.1, 0.15) is 36.8 Å². The first-order chi connectivity index (χ1) is 9.51. The summed E-state index contributed by atoms with van der Waals surface area (Å²) in [7, 11) is 0. The van der Waals surface area contributed by atoms with E-state index in [2.05, 4.69) is 60.2 Å². The molecule has 1 aliphatic heterocycles. The van der Waals surface area contributed by atoms with E-state index in [4.69, 9.17) is 0 Å². The Morgan fingerprint density at radius 3 is 2.45 bits per heavy atom. The number of nitrogens with zero attached hydrogens (tertiary/aromatic N) is 2. The highest BCUT2D eigenvalue weighted by atomic mass is 32.1. The van der Waals surface area contributed by atoms with E-state index in [9.17, 15) is 0 Å². The van der Waals surface area contributed by atoms with Crippen LogP contribution in [0.25, 0.3) is 0 Å². The Labute approximate surface area is 124 Å². The van der Waals surface area contributed by atoms with Crippen molar-refractivity contribution in [2.45, 2.75) is 45.9 Å². The van der Waals surface area contributed by atoms with Crippen LogP contribution in [0.3, 0.4) is 0 Å². The number of nitrogens with one attached hydrogen (secondary N) is 1. The highest BCUT2D eigenvalue weighted by Crippen LogP contribution is 2.31. The average Bonchev–Trinajstić information content (AvgIpc) is 3.01. The molecule has 0 amide bonds. The van der Waals surface area contributed by atoms with Gasteiger partial charge in [0.1, 0.15) is 0 Å². The number of hydrogen-bond donors (Lipinski definition) is 1. The molecule has 20 heavy (non-hydrogen) atoms. The lowest BCUT2D eigenvalue weighted by Crippen LogP contribution is -2.34. The van der Waals surface area contributed by atoms with Gasteiger partial charge in [-0.2, -0.15) is 0 Å². The summed E-state index contributed by atoms with van der Waals surface area (Å²) in [4.78, 5) is 8.24. The summed E-state index contributed by atoms with van der Waals surface area (Å²) in [6, 6.07) is 8.65. The molecular weight excluding hydrogens is 266 g/mol. The van der Waals surface area contributed by atoms with Crippen molar-refractivity contribution in [3.05, 3.63) is 46.5 Å². The molecule has 2 aromatic rings. The summed E-state index contributed by atoms with van der Waals surface area (Å²) in [5.41, 5.74) is 3.00. The molecule has 1 aromatic carbocycles. The smallest absolute Gasteiger partial charge is 0.186 e. The topological polar surface area (TPSA) is 28.2 Å². The molecule has 1 aromatic heterocycles. The van der Waals surface area contributed by atoms with E-state index in [1.807, 2.05) is 6.20 Å². The Bertz CT molecular complexity index is 573. The van der Waals surface area contributed by atoms with Crippen LogP contribution in [0, 0.1) is 0 Å². The minimum absolute atomic E-state index is 0.147. The van der Waals surface area contributed by atoms with Crippen molar-refractivity contribution in [3.8, 4) is 0 Å². The van der Waals surface area contributed by atoms with Crippen molar-refractivity contribution >= 4 is 16.5 Å². The molecule has 0 fully saturated rings. The number of rotatable bonds is 3. The minimum atomic E-state index is 0.147. The molecule has 0 atom stereocenters. The Morgan fingerprint density at radius 2 is 1.85 bits per heavy atom. The van der Waals surface area contributed by atoms with Crippen LogP contribution in [0.5, 0.6) is 0 Å². The maximum Gasteiger partial charge on any atom is 0.186 e. The average molecular weight is 287 g/mol. The van der Waals surface area contributed by atoms with Gasteiger partial charge in [-0.3, -0.25) is 0 Å². The maximum atomic E-state index is 4.59. The number of benzene rings is 1. The first-order valence-corrected chi connectivity index (χ1v) is 7.84. The predicted octanol–water partition coefficient (Wildman–Crippen LogP) is 3.55.